The van der Waals surface area contributed by atoms with Crippen LogP contribution < -0.4 is 10.1 Å². The number of aromatic nitrogens is 1. The van der Waals surface area contributed by atoms with Gasteiger partial charge in [0.05, 0.1) is 18.0 Å². The van der Waals surface area contributed by atoms with Gasteiger partial charge >= 0.3 is 6.09 Å². The number of nitrogens with zero attached hydrogens (tertiary/aromatic N) is 2. The molecule has 0 aromatic carbocycles. The van der Waals surface area contributed by atoms with Crippen LogP contribution in [0.25, 0.3) is 0 Å². The van der Waals surface area contributed by atoms with Crippen molar-refractivity contribution < 1.29 is 19.4 Å². The fourth-order valence-electron chi connectivity index (χ4n) is 3.41. The molecule has 7 nitrogen and oxygen atoms in total. The number of rotatable bonds is 4. The predicted molar refractivity (Wildman–Crippen MR) is 88.0 cm³/mol. The van der Waals surface area contributed by atoms with Gasteiger partial charge in [-0.25, -0.2) is 9.78 Å². The molecule has 1 aliphatic carbocycles. The van der Waals surface area contributed by atoms with Crippen LogP contribution in [0.1, 0.15) is 33.1 Å². The Balaban J connectivity index is 1.53. The van der Waals surface area contributed by atoms with Crippen LogP contribution in [0.3, 0.4) is 0 Å². The van der Waals surface area contributed by atoms with Crippen molar-refractivity contribution in [1.82, 2.24) is 9.88 Å². The fraction of sp³-hybridized carbons (Fsp3) is 0.588. The number of amides is 2. The molecule has 2 amide bonds. The van der Waals surface area contributed by atoms with Gasteiger partial charge in [-0.2, -0.15) is 0 Å². The number of anilines is 1. The molecule has 1 saturated carbocycles. The lowest BCUT2D eigenvalue weighted by Crippen LogP contribution is -2.39. The van der Waals surface area contributed by atoms with Crippen LogP contribution in [0.2, 0.25) is 0 Å². The van der Waals surface area contributed by atoms with Crippen LogP contribution in [0.5, 0.6) is 5.88 Å². The normalized spacial score (nSPS) is 21.6. The maximum Gasteiger partial charge on any atom is 0.407 e. The van der Waals surface area contributed by atoms with E-state index in [-0.39, 0.29) is 23.3 Å². The van der Waals surface area contributed by atoms with Crippen LogP contribution in [0.4, 0.5) is 10.5 Å². The van der Waals surface area contributed by atoms with Crippen molar-refractivity contribution in [3.63, 3.8) is 0 Å². The number of carbonyl (C=O) groups is 2. The summed E-state index contributed by atoms with van der Waals surface area (Å²) < 4.78 is 5.48. The Hall–Kier alpha value is -2.31. The minimum atomic E-state index is -0.874. The first kappa shape index (κ1) is 16.5. The summed E-state index contributed by atoms with van der Waals surface area (Å²) in [6.45, 7) is 4.89. The molecule has 3 rings (SSSR count). The Morgan fingerprint density at radius 2 is 2.08 bits per heavy atom. The topological polar surface area (TPSA) is 91.8 Å². The molecule has 24 heavy (non-hydrogen) atoms. The highest BCUT2D eigenvalue weighted by Gasteiger charge is 2.58. The Kier molecular flexibility index (Phi) is 4.34. The Bertz CT molecular complexity index is 621. The molecule has 7 heteroatoms. The third-order valence-corrected chi connectivity index (χ3v) is 4.90. The van der Waals surface area contributed by atoms with E-state index in [2.05, 4.69) is 10.3 Å². The summed E-state index contributed by atoms with van der Waals surface area (Å²) in [7, 11) is 0. The van der Waals surface area contributed by atoms with E-state index >= 15 is 0 Å². The zero-order valence-corrected chi connectivity index (χ0v) is 14.0. The second-order valence-electron chi connectivity index (χ2n) is 6.93. The number of ether oxygens (including phenoxy) is 1. The zero-order chi connectivity index (χ0) is 17.3. The lowest BCUT2D eigenvalue weighted by molar-refractivity contribution is -0.118. The summed E-state index contributed by atoms with van der Waals surface area (Å²) in [5.74, 6) is 0.505. The molecule has 0 radical (unpaired) electrons. The first-order chi connectivity index (χ1) is 11.4. The molecule has 2 fully saturated rings. The van der Waals surface area contributed by atoms with Gasteiger partial charge in [-0.3, -0.25) is 4.79 Å². The van der Waals surface area contributed by atoms with E-state index in [0.29, 0.717) is 24.7 Å². The quantitative estimate of drug-likeness (QED) is 0.883. The van der Waals surface area contributed by atoms with Crippen LogP contribution in [0.15, 0.2) is 18.3 Å². The number of hydrogen-bond donors (Lipinski definition) is 2. The van der Waals surface area contributed by atoms with Crippen molar-refractivity contribution in [2.75, 3.05) is 18.4 Å². The molecule has 1 aromatic rings. The molecule has 130 valence electrons. The molecular weight excluding hydrogens is 310 g/mol. The summed E-state index contributed by atoms with van der Waals surface area (Å²) >= 11 is 0. The molecule has 2 N–H and O–H groups in total. The van der Waals surface area contributed by atoms with Gasteiger partial charge in [-0.05, 0) is 44.6 Å². The summed E-state index contributed by atoms with van der Waals surface area (Å²) in [5, 5.41) is 11.9. The summed E-state index contributed by atoms with van der Waals surface area (Å²) in [6.07, 6.45) is 3.14. The number of hydrogen-bond acceptors (Lipinski definition) is 4. The highest BCUT2D eigenvalue weighted by Crippen LogP contribution is 2.59. The number of carboxylic acid groups (broad SMARTS) is 1. The minimum Gasteiger partial charge on any atom is -0.475 e. The molecule has 2 heterocycles. The van der Waals surface area contributed by atoms with E-state index in [4.69, 9.17) is 9.84 Å². The zero-order valence-electron chi connectivity index (χ0n) is 14.0. The average Bonchev–Trinajstić information content (AvgIpc) is 3.23. The first-order valence-corrected chi connectivity index (χ1v) is 8.31. The number of nitrogens with one attached hydrogen (secondary N) is 1. The van der Waals surface area contributed by atoms with Gasteiger partial charge in [0.1, 0.15) is 0 Å². The van der Waals surface area contributed by atoms with Crippen molar-refractivity contribution in [2.24, 2.45) is 11.3 Å². The van der Waals surface area contributed by atoms with E-state index in [1.807, 2.05) is 13.8 Å². The summed E-state index contributed by atoms with van der Waals surface area (Å²) in [6, 6.07) is 3.52. The van der Waals surface area contributed by atoms with Crippen LogP contribution in [-0.2, 0) is 4.79 Å². The Labute approximate surface area is 141 Å². The lowest BCUT2D eigenvalue weighted by atomic mass is 9.91. The molecule has 1 aliphatic heterocycles. The van der Waals surface area contributed by atoms with Crippen LogP contribution >= 0.6 is 0 Å². The van der Waals surface area contributed by atoms with Gasteiger partial charge in [0.15, 0.2) is 0 Å². The predicted octanol–water partition coefficient (Wildman–Crippen LogP) is 2.59. The van der Waals surface area contributed by atoms with E-state index < -0.39 is 6.09 Å². The monoisotopic (exact) mass is 333 g/mol. The van der Waals surface area contributed by atoms with Crippen molar-refractivity contribution in [2.45, 2.75) is 39.2 Å². The second-order valence-corrected chi connectivity index (χ2v) is 6.93. The highest BCUT2D eigenvalue weighted by atomic mass is 16.5. The van der Waals surface area contributed by atoms with Gasteiger partial charge in [-0.1, -0.05) is 0 Å². The van der Waals surface area contributed by atoms with E-state index in [9.17, 15) is 9.59 Å². The van der Waals surface area contributed by atoms with E-state index in [1.165, 1.54) is 4.90 Å². The summed E-state index contributed by atoms with van der Waals surface area (Å²) in [4.78, 5) is 29.0. The van der Waals surface area contributed by atoms with Gasteiger partial charge in [0.2, 0.25) is 11.8 Å². The molecule has 2 aliphatic rings. The summed E-state index contributed by atoms with van der Waals surface area (Å²) in [5.41, 5.74) is 0.644. The molecule has 1 unspecified atom stereocenters. The Morgan fingerprint density at radius 1 is 1.38 bits per heavy atom. The maximum absolute atomic E-state index is 12.4. The molecule has 1 spiro atoms. The van der Waals surface area contributed by atoms with Gasteiger partial charge in [-0.15, -0.1) is 0 Å². The SMILES string of the molecule is CC(C)Oc1ccc(NC(=O)C2CC23CCN(C(=O)O)CC3)cn1. The number of carbonyl (C=O) groups excluding carboxylic acids is 1. The number of pyridine rings is 1. The number of piperidine rings is 1. The molecule has 1 atom stereocenters. The third kappa shape index (κ3) is 3.44. The first-order valence-electron chi connectivity index (χ1n) is 8.31. The second kappa shape index (κ2) is 6.30. The largest absolute Gasteiger partial charge is 0.475 e. The van der Waals surface area contributed by atoms with Crippen LogP contribution in [-0.4, -0.2) is 46.2 Å². The van der Waals surface area contributed by atoms with Gasteiger partial charge in [0.25, 0.3) is 0 Å². The van der Waals surface area contributed by atoms with E-state index in [0.717, 1.165) is 19.3 Å². The smallest absolute Gasteiger partial charge is 0.407 e. The molecular formula is C17H23N3O4. The van der Waals surface area contributed by atoms with Crippen molar-refractivity contribution in [3.05, 3.63) is 18.3 Å². The molecule has 0 bridgehead atoms. The standard InChI is InChI=1S/C17H23N3O4/c1-11(2)24-14-4-3-12(10-18-14)19-15(21)13-9-17(13)5-7-20(8-6-17)16(22)23/h3-4,10-11,13H,5-9H2,1-2H3,(H,19,21)(H,22,23). The van der Waals surface area contributed by atoms with Crippen molar-refractivity contribution in [3.8, 4) is 5.88 Å². The third-order valence-electron chi connectivity index (χ3n) is 4.90. The maximum atomic E-state index is 12.4. The van der Waals surface area contributed by atoms with Crippen molar-refractivity contribution >= 4 is 17.7 Å². The Morgan fingerprint density at radius 3 is 2.62 bits per heavy atom. The average molecular weight is 333 g/mol. The number of likely N-dealkylation sites (tertiary alicyclic amines) is 1. The van der Waals surface area contributed by atoms with Crippen LogP contribution in [0, 0.1) is 11.3 Å². The van der Waals surface area contributed by atoms with E-state index in [1.54, 1.807) is 18.3 Å². The minimum absolute atomic E-state index is 0.00176. The molecule has 1 aromatic heterocycles. The van der Waals surface area contributed by atoms with Crippen molar-refractivity contribution in [1.29, 1.82) is 0 Å². The fourth-order valence-corrected chi connectivity index (χ4v) is 3.41. The molecule has 1 saturated heterocycles. The lowest BCUT2D eigenvalue weighted by Gasteiger charge is -2.30. The highest BCUT2D eigenvalue weighted by molar-refractivity contribution is 5.95. The van der Waals surface area contributed by atoms with Gasteiger partial charge < -0.3 is 20.1 Å². The van der Waals surface area contributed by atoms with Gasteiger partial charge in [0, 0.05) is 25.1 Å².